The van der Waals surface area contributed by atoms with E-state index in [0.717, 1.165) is 19.3 Å². The van der Waals surface area contributed by atoms with Crippen molar-refractivity contribution in [2.24, 2.45) is 27.6 Å². The van der Waals surface area contributed by atoms with Gasteiger partial charge in [-0.25, -0.2) is 0 Å². The Morgan fingerprint density at radius 3 is 2.30 bits per heavy atom. The second kappa shape index (κ2) is 4.68. The first-order valence-electron chi connectivity index (χ1n) is 8.94. The maximum Gasteiger partial charge on any atom is 0.146 e. The van der Waals surface area contributed by atoms with Crippen molar-refractivity contribution in [3.63, 3.8) is 0 Å². The molecule has 3 aliphatic carbocycles. The van der Waals surface area contributed by atoms with Crippen molar-refractivity contribution in [2.75, 3.05) is 0 Å². The van der Waals surface area contributed by atoms with Crippen molar-refractivity contribution in [3.05, 3.63) is 24.3 Å². The Kier molecular flexibility index (Phi) is 3.39. The first kappa shape index (κ1) is 16.7. The fourth-order valence-electron chi connectivity index (χ4n) is 5.69. The van der Waals surface area contributed by atoms with E-state index in [2.05, 4.69) is 40.3 Å². The highest BCUT2D eigenvalue weighted by Gasteiger charge is 2.64. The van der Waals surface area contributed by atoms with Gasteiger partial charge in [0.25, 0.3) is 0 Å². The van der Waals surface area contributed by atoms with Gasteiger partial charge in [-0.3, -0.25) is 9.59 Å². The first-order valence-corrected chi connectivity index (χ1v) is 8.94. The molecule has 0 aromatic heterocycles. The number of carbonyl (C=O) groups is 2. The molecule has 4 atom stereocenters. The molecule has 0 amide bonds. The number of rotatable bonds is 1. The van der Waals surface area contributed by atoms with E-state index in [9.17, 15) is 9.59 Å². The smallest absolute Gasteiger partial charge is 0.146 e. The van der Waals surface area contributed by atoms with E-state index in [0.29, 0.717) is 18.6 Å². The van der Waals surface area contributed by atoms with Gasteiger partial charge in [0.15, 0.2) is 0 Å². The Labute approximate surface area is 140 Å². The predicted molar refractivity (Wildman–Crippen MR) is 93.0 cm³/mol. The Hall–Kier alpha value is -1.18. The van der Waals surface area contributed by atoms with Crippen LogP contribution in [0, 0.1) is 27.6 Å². The van der Waals surface area contributed by atoms with E-state index in [1.54, 1.807) is 6.08 Å². The summed E-state index contributed by atoms with van der Waals surface area (Å²) in [7, 11) is 0. The lowest BCUT2D eigenvalue weighted by atomic mass is 9.38. The largest absolute Gasteiger partial charge is 0.299 e. The molecule has 2 fully saturated rings. The van der Waals surface area contributed by atoms with Crippen molar-refractivity contribution >= 4 is 11.6 Å². The lowest BCUT2D eigenvalue weighted by Gasteiger charge is -2.65. The van der Waals surface area contributed by atoms with Gasteiger partial charge in [-0.2, -0.15) is 0 Å². The molecule has 0 heterocycles. The molecule has 126 valence electrons. The summed E-state index contributed by atoms with van der Waals surface area (Å²) in [6.45, 7) is 14.7. The van der Waals surface area contributed by atoms with E-state index < -0.39 is 5.41 Å². The van der Waals surface area contributed by atoms with Crippen molar-refractivity contribution in [1.82, 2.24) is 0 Å². The molecule has 0 saturated heterocycles. The van der Waals surface area contributed by atoms with Gasteiger partial charge in [-0.1, -0.05) is 45.4 Å². The van der Waals surface area contributed by atoms with Crippen LogP contribution in [0.1, 0.15) is 66.7 Å². The van der Waals surface area contributed by atoms with Crippen molar-refractivity contribution in [2.45, 2.75) is 66.7 Å². The predicted octanol–water partition coefficient (Wildman–Crippen LogP) is 4.89. The van der Waals surface area contributed by atoms with Crippen LogP contribution >= 0.6 is 0 Å². The standard InChI is InChI=1S/C21H30O2/c1-7-19(4)13-14-8-11-21(6)18(2,3)16(22)9-10-20(21,5)15(14)12-17(19)23/h7,13,15H,1,8-12H2,2-6H3. The van der Waals surface area contributed by atoms with Gasteiger partial charge in [0.1, 0.15) is 11.6 Å². The first-order chi connectivity index (χ1) is 10.5. The van der Waals surface area contributed by atoms with Gasteiger partial charge in [0.2, 0.25) is 0 Å². The number of Topliss-reactive ketones (excluding diaryl/α,β-unsaturated/α-hetero) is 2. The molecule has 2 saturated carbocycles. The summed E-state index contributed by atoms with van der Waals surface area (Å²) < 4.78 is 0. The average molecular weight is 314 g/mol. The highest BCUT2D eigenvalue weighted by molar-refractivity contribution is 5.91. The fraction of sp³-hybridized carbons (Fsp3) is 0.714. The zero-order valence-electron chi connectivity index (χ0n) is 15.3. The number of hydrogen-bond donors (Lipinski definition) is 0. The van der Waals surface area contributed by atoms with Gasteiger partial charge < -0.3 is 0 Å². The number of ketones is 2. The fourth-order valence-corrected chi connectivity index (χ4v) is 5.69. The van der Waals surface area contributed by atoms with Crippen LogP contribution in [0.4, 0.5) is 0 Å². The minimum atomic E-state index is -0.504. The second-order valence-corrected chi connectivity index (χ2v) is 9.18. The Bertz CT molecular complexity index is 626. The monoisotopic (exact) mass is 314 g/mol. The molecule has 3 rings (SSSR count). The van der Waals surface area contributed by atoms with E-state index in [1.165, 1.54) is 5.57 Å². The minimum absolute atomic E-state index is 0.0205. The van der Waals surface area contributed by atoms with E-state index in [1.807, 2.05) is 6.92 Å². The van der Waals surface area contributed by atoms with Crippen LogP contribution in [-0.2, 0) is 9.59 Å². The molecule has 2 heteroatoms. The molecule has 2 nitrogen and oxygen atoms in total. The van der Waals surface area contributed by atoms with Crippen LogP contribution in [-0.4, -0.2) is 11.6 Å². The zero-order chi connectivity index (χ0) is 17.3. The highest BCUT2D eigenvalue weighted by Crippen LogP contribution is 2.69. The Balaban J connectivity index is 2.11. The van der Waals surface area contributed by atoms with E-state index in [-0.39, 0.29) is 27.9 Å². The van der Waals surface area contributed by atoms with Gasteiger partial charge in [0, 0.05) is 18.3 Å². The third-order valence-electron chi connectivity index (χ3n) is 8.24. The molecule has 0 bridgehead atoms. The maximum absolute atomic E-state index is 12.8. The lowest BCUT2D eigenvalue weighted by Crippen LogP contribution is -2.61. The summed E-state index contributed by atoms with van der Waals surface area (Å²) in [6, 6.07) is 0. The molecular weight excluding hydrogens is 284 g/mol. The lowest BCUT2D eigenvalue weighted by molar-refractivity contribution is -0.168. The van der Waals surface area contributed by atoms with Gasteiger partial charge >= 0.3 is 0 Å². The number of hydrogen-bond acceptors (Lipinski definition) is 2. The summed E-state index contributed by atoms with van der Waals surface area (Å²) >= 11 is 0. The van der Waals surface area contributed by atoms with Crippen LogP contribution in [0.2, 0.25) is 0 Å². The summed E-state index contributed by atoms with van der Waals surface area (Å²) in [5.74, 6) is 0.957. The summed E-state index contributed by atoms with van der Waals surface area (Å²) in [5.41, 5.74) is 0.590. The SMILES string of the molecule is C=CC1(C)C=C2CCC3(C)C(C)(C)C(=O)CCC3(C)C2CC1=O. The third kappa shape index (κ3) is 1.87. The summed E-state index contributed by atoms with van der Waals surface area (Å²) in [6.07, 6.45) is 8.18. The molecular formula is C21H30O2. The zero-order valence-corrected chi connectivity index (χ0v) is 15.3. The molecule has 23 heavy (non-hydrogen) atoms. The maximum atomic E-state index is 12.8. The second-order valence-electron chi connectivity index (χ2n) is 9.18. The average Bonchev–Trinajstić information content (AvgIpc) is 2.50. The molecule has 0 radical (unpaired) electrons. The molecule has 4 unspecified atom stereocenters. The van der Waals surface area contributed by atoms with Gasteiger partial charge in [0.05, 0.1) is 5.41 Å². The van der Waals surface area contributed by atoms with E-state index in [4.69, 9.17) is 0 Å². The van der Waals surface area contributed by atoms with Crippen LogP contribution in [0.3, 0.4) is 0 Å². The summed E-state index contributed by atoms with van der Waals surface area (Å²) in [5, 5.41) is 0. The van der Waals surface area contributed by atoms with Gasteiger partial charge in [-0.15, -0.1) is 6.58 Å². The Morgan fingerprint density at radius 1 is 1.04 bits per heavy atom. The molecule has 0 aliphatic heterocycles. The minimum Gasteiger partial charge on any atom is -0.299 e. The highest BCUT2D eigenvalue weighted by atomic mass is 16.1. The quantitative estimate of drug-likeness (QED) is 0.646. The van der Waals surface area contributed by atoms with Crippen LogP contribution in [0.15, 0.2) is 24.3 Å². The Morgan fingerprint density at radius 2 is 1.70 bits per heavy atom. The van der Waals surface area contributed by atoms with Crippen molar-refractivity contribution in [3.8, 4) is 0 Å². The molecule has 3 aliphatic rings. The molecule has 0 aromatic carbocycles. The van der Waals surface area contributed by atoms with Crippen LogP contribution < -0.4 is 0 Å². The molecule has 0 N–H and O–H groups in total. The molecule has 0 spiro atoms. The van der Waals surface area contributed by atoms with Gasteiger partial charge in [-0.05, 0) is 42.9 Å². The topological polar surface area (TPSA) is 34.1 Å². The van der Waals surface area contributed by atoms with Crippen molar-refractivity contribution in [1.29, 1.82) is 0 Å². The van der Waals surface area contributed by atoms with Crippen molar-refractivity contribution < 1.29 is 9.59 Å². The number of carbonyl (C=O) groups excluding carboxylic acids is 2. The number of fused-ring (bicyclic) bond motifs is 3. The number of allylic oxidation sites excluding steroid dienone is 3. The normalized spacial score (nSPS) is 45.8. The molecule has 0 aromatic rings. The summed E-state index contributed by atoms with van der Waals surface area (Å²) in [4.78, 5) is 25.4. The third-order valence-corrected chi connectivity index (χ3v) is 8.24. The van der Waals surface area contributed by atoms with E-state index >= 15 is 0 Å². The van der Waals surface area contributed by atoms with Crippen LogP contribution in [0.25, 0.3) is 0 Å². The van der Waals surface area contributed by atoms with Crippen LogP contribution in [0.5, 0.6) is 0 Å².